The molecule has 0 aliphatic carbocycles. The van der Waals surface area contributed by atoms with Gasteiger partial charge in [0.15, 0.2) is 0 Å². The molecule has 0 unspecified atom stereocenters. The summed E-state index contributed by atoms with van der Waals surface area (Å²) in [6.45, 7) is 13.5. The first-order valence-electron chi connectivity index (χ1n) is 11.0. The maximum absolute atomic E-state index is 13.4. The minimum atomic E-state index is -4.65. The second-order valence-corrected chi connectivity index (χ2v) is 11.0. The molecule has 2 amide bonds. The number of aromatic nitrogens is 2. The maximum Gasteiger partial charge on any atom is 0.416 e. The Balaban J connectivity index is 2.55. The van der Waals surface area contributed by atoms with Crippen LogP contribution < -0.4 is 15.7 Å². The van der Waals surface area contributed by atoms with Gasteiger partial charge < -0.3 is 0 Å². The zero-order valence-corrected chi connectivity index (χ0v) is 21.4. The molecular formula is C23H32F3N5O2S. The summed E-state index contributed by atoms with van der Waals surface area (Å²) < 4.78 is 41.7. The molecule has 0 aliphatic rings. The van der Waals surface area contributed by atoms with E-state index in [1.54, 1.807) is 25.5 Å². The number of nitrogens with zero attached hydrogens (tertiary/aromatic N) is 3. The number of rotatable bonds is 6. The van der Waals surface area contributed by atoms with E-state index in [9.17, 15) is 22.8 Å². The molecule has 1 heterocycles. The molecule has 0 bridgehead atoms. The van der Waals surface area contributed by atoms with Crippen LogP contribution in [0.2, 0.25) is 0 Å². The van der Waals surface area contributed by atoms with Crippen molar-refractivity contribution in [1.29, 1.82) is 0 Å². The normalized spacial score (nSPS) is 13.2. The van der Waals surface area contributed by atoms with Crippen LogP contribution >= 0.6 is 11.3 Å². The smallest absolute Gasteiger partial charge is 0.298 e. The van der Waals surface area contributed by atoms with Crippen LogP contribution in [0.25, 0.3) is 0 Å². The Morgan fingerprint density at radius 3 is 2.29 bits per heavy atom. The Morgan fingerprint density at radius 1 is 1.12 bits per heavy atom. The molecule has 0 fully saturated rings. The Bertz CT molecular complexity index is 1110. The fraction of sp³-hybridized carbons (Fsp3) is 0.565. The van der Waals surface area contributed by atoms with Crippen LogP contribution in [0.4, 0.5) is 18.9 Å². The number of hydrazine groups is 1. The van der Waals surface area contributed by atoms with Gasteiger partial charge in [0, 0.05) is 17.4 Å². The van der Waals surface area contributed by atoms with Gasteiger partial charge in [-0.1, -0.05) is 66.2 Å². The third-order valence-corrected chi connectivity index (χ3v) is 6.12. The van der Waals surface area contributed by atoms with Gasteiger partial charge in [-0.2, -0.15) is 23.3 Å². The fourth-order valence-corrected chi connectivity index (χ4v) is 3.60. The summed E-state index contributed by atoms with van der Waals surface area (Å²) in [5.41, 5.74) is 2.71. The van der Waals surface area contributed by atoms with Gasteiger partial charge in [0.1, 0.15) is 5.01 Å². The van der Waals surface area contributed by atoms with Gasteiger partial charge in [-0.15, -0.1) is 0 Å². The number of unbranched alkanes of at least 4 members (excludes halogenated alkanes) is 1. The third-order valence-electron chi connectivity index (χ3n) is 4.75. The molecule has 0 radical (unpaired) electrons. The Hall–Kier alpha value is -2.69. The second-order valence-electron chi connectivity index (χ2n) is 10.0. The standard InChI is InChI=1S/C23H32F3N5O2S/c1-8-9-12-31-20(34-19(30-31)22(5,6)7)27-17(32)15-13-14(23(24,25)26)10-11-16(15)28-29-18(33)21(2,3)4/h10-11,13,28H,8-9,12H2,1-7H3,(H,29,33). The number of aryl methyl sites for hydroxylation is 1. The number of halogens is 3. The summed E-state index contributed by atoms with van der Waals surface area (Å²) in [6.07, 6.45) is -2.94. The van der Waals surface area contributed by atoms with Gasteiger partial charge in [-0.25, -0.2) is 4.68 Å². The lowest BCUT2D eigenvalue weighted by atomic mass is 9.96. The van der Waals surface area contributed by atoms with Crippen molar-refractivity contribution in [2.45, 2.75) is 79.4 Å². The Morgan fingerprint density at radius 2 is 1.76 bits per heavy atom. The first kappa shape index (κ1) is 27.6. The molecule has 1 aromatic heterocycles. The van der Waals surface area contributed by atoms with E-state index in [1.807, 2.05) is 27.7 Å². The molecule has 0 aliphatic heterocycles. The van der Waals surface area contributed by atoms with E-state index < -0.39 is 29.0 Å². The van der Waals surface area contributed by atoms with Crippen molar-refractivity contribution >= 4 is 28.8 Å². The highest BCUT2D eigenvalue weighted by Crippen LogP contribution is 2.32. The van der Waals surface area contributed by atoms with Crippen molar-refractivity contribution in [2.24, 2.45) is 10.4 Å². The highest BCUT2D eigenvalue weighted by Gasteiger charge is 2.32. The van der Waals surface area contributed by atoms with Crippen LogP contribution in [0, 0.1) is 5.41 Å². The molecule has 188 valence electrons. The van der Waals surface area contributed by atoms with Gasteiger partial charge in [0.05, 0.1) is 16.8 Å². The summed E-state index contributed by atoms with van der Waals surface area (Å²) in [6, 6.07) is 2.68. The van der Waals surface area contributed by atoms with Crippen LogP contribution in [0.1, 0.15) is 82.2 Å². The lowest BCUT2D eigenvalue weighted by molar-refractivity contribution is -0.137. The summed E-state index contributed by atoms with van der Waals surface area (Å²) in [4.78, 5) is 29.8. The van der Waals surface area contributed by atoms with Crippen molar-refractivity contribution < 1.29 is 22.8 Å². The SMILES string of the molecule is CCCCn1nc(C(C)(C)C)sc1=NC(=O)c1cc(C(F)(F)F)ccc1NNC(=O)C(C)(C)C. The summed E-state index contributed by atoms with van der Waals surface area (Å²) in [7, 11) is 0. The zero-order valence-electron chi connectivity index (χ0n) is 20.6. The molecule has 11 heteroatoms. The van der Waals surface area contributed by atoms with E-state index in [4.69, 9.17) is 0 Å². The maximum atomic E-state index is 13.4. The highest BCUT2D eigenvalue weighted by molar-refractivity contribution is 7.09. The minimum Gasteiger partial charge on any atom is -0.298 e. The zero-order chi connectivity index (χ0) is 25.9. The van der Waals surface area contributed by atoms with Crippen molar-refractivity contribution in [2.75, 3.05) is 5.43 Å². The van der Waals surface area contributed by atoms with Crippen LogP contribution in [-0.4, -0.2) is 21.6 Å². The number of hydrogen-bond donors (Lipinski definition) is 2. The highest BCUT2D eigenvalue weighted by atomic mass is 32.1. The van der Waals surface area contributed by atoms with E-state index in [-0.39, 0.29) is 16.7 Å². The second kappa shape index (κ2) is 10.3. The van der Waals surface area contributed by atoms with Crippen LogP contribution in [0.3, 0.4) is 0 Å². The largest absolute Gasteiger partial charge is 0.416 e. The average molecular weight is 500 g/mol. The molecule has 0 saturated carbocycles. The number of amides is 2. The monoisotopic (exact) mass is 499 g/mol. The van der Waals surface area contributed by atoms with Crippen molar-refractivity contribution in [3.05, 3.63) is 39.1 Å². The van der Waals surface area contributed by atoms with Gasteiger partial charge in [0.25, 0.3) is 5.91 Å². The molecular weight excluding hydrogens is 467 g/mol. The molecule has 2 aromatic rings. The number of hydrogen-bond acceptors (Lipinski definition) is 5. The molecule has 2 N–H and O–H groups in total. The molecule has 0 atom stereocenters. The lowest BCUT2D eigenvalue weighted by Gasteiger charge is -2.20. The molecule has 7 nitrogen and oxygen atoms in total. The number of anilines is 1. The number of nitrogens with one attached hydrogen (secondary N) is 2. The van der Waals surface area contributed by atoms with E-state index in [2.05, 4.69) is 20.9 Å². The summed E-state index contributed by atoms with van der Waals surface area (Å²) in [5, 5.41) is 5.33. The van der Waals surface area contributed by atoms with E-state index in [0.29, 0.717) is 11.3 Å². The van der Waals surface area contributed by atoms with Crippen LogP contribution in [0.15, 0.2) is 23.2 Å². The molecule has 0 spiro atoms. The Labute approximate surface area is 201 Å². The molecule has 0 saturated heterocycles. The first-order chi connectivity index (χ1) is 15.5. The van der Waals surface area contributed by atoms with Gasteiger partial charge in [-0.05, 0) is 24.6 Å². The van der Waals surface area contributed by atoms with Crippen molar-refractivity contribution in [3.63, 3.8) is 0 Å². The number of benzene rings is 1. The van der Waals surface area contributed by atoms with E-state index in [0.717, 1.165) is 36.0 Å². The fourth-order valence-electron chi connectivity index (χ4n) is 2.61. The average Bonchev–Trinajstić information content (AvgIpc) is 3.11. The summed E-state index contributed by atoms with van der Waals surface area (Å²) >= 11 is 1.23. The van der Waals surface area contributed by atoms with Crippen LogP contribution in [0.5, 0.6) is 0 Å². The minimum absolute atomic E-state index is 0.0139. The van der Waals surface area contributed by atoms with Crippen molar-refractivity contribution in [3.8, 4) is 0 Å². The van der Waals surface area contributed by atoms with Gasteiger partial charge >= 0.3 is 6.18 Å². The quantitative estimate of drug-likeness (QED) is 0.529. The molecule has 1 aromatic carbocycles. The predicted octanol–water partition coefficient (Wildman–Crippen LogP) is 5.29. The third kappa shape index (κ3) is 7.15. The lowest BCUT2D eigenvalue weighted by Crippen LogP contribution is -2.38. The first-order valence-corrected chi connectivity index (χ1v) is 11.8. The van der Waals surface area contributed by atoms with Crippen LogP contribution in [-0.2, 0) is 22.9 Å². The van der Waals surface area contributed by atoms with E-state index >= 15 is 0 Å². The van der Waals surface area contributed by atoms with E-state index in [1.165, 1.54) is 11.3 Å². The summed E-state index contributed by atoms with van der Waals surface area (Å²) in [5.74, 6) is -1.26. The predicted molar refractivity (Wildman–Crippen MR) is 126 cm³/mol. The molecule has 34 heavy (non-hydrogen) atoms. The van der Waals surface area contributed by atoms with Gasteiger partial charge in [-0.3, -0.25) is 20.4 Å². The topological polar surface area (TPSA) is 88.4 Å². The molecule has 2 rings (SSSR count). The number of carbonyl (C=O) groups excluding carboxylic acids is 2. The Kier molecular flexibility index (Phi) is 8.34. The number of carbonyl (C=O) groups is 2. The number of alkyl halides is 3. The van der Waals surface area contributed by atoms with Crippen molar-refractivity contribution in [1.82, 2.24) is 15.2 Å². The van der Waals surface area contributed by atoms with Gasteiger partial charge in [0.2, 0.25) is 10.7 Å².